The van der Waals surface area contributed by atoms with Crippen LogP contribution in [-0.4, -0.2) is 18.9 Å². The Balaban J connectivity index is 1.99. The maximum atomic E-state index is 12.6. The highest BCUT2D eigenvalue weighted by atomic mass is 16.5. The molecule has 0 atom stereocenters. The summed E-state index contributed by atoms with van der Waals surface area (Å²) in [4.78, 5) is 16.9. The number of anilines is 1. The second-order valence-electron chi connectivity index (χ2n) is 5.17. The molecule has 2 aromatic carbocycles. The third-order valence-corrected chi connectivity index (χ3v) is 3.70. The SMILES string of the molecule is COc1cccc(NC(=O)C(C#N)=C2N=C(NN)c3ccccc32)c1. The number of hydrazine groups is 1. The Morgan fingerprint density at radius 3 is 2.64 bits per heavy atom. The molecule has 0 radical (unpaired) electrons. The lowest BCUT2D eigenvalue weighted by Crippen LogP contribution is -2.29. The van der Waals surface area contributed by atoms with Gasteiger partial charge in [-0.25, -0.2) is 10.8 Å². The van der Waals surface area contributed by atoms with Crippen molar-refractivity contribution in [2.24, 2.45) is 10.8 Å². The summed E-state index contributed by atoms with van der Waals surface area (Å²) in [5.74, 6) is 5.94. The summed E-state index contributed by atoms with van der Waals surface area (Å²) in [7, 11) is 1.54. The van der Waals surface area contributed by atoms with E-state index in [1.54, 1.807) is 30.3 Å². The molecule has 124 valence electrons. The molecule has 2 aromatic rings. The van der Waals surface area contributed by atoms with Crippen molar-refractivity contribution in [1.29, 1.82) is 5.26 Å². The molecule has 0 aromatic heterocycles. The van der Waals surface area contributed by atoms with Crippen molar-refractivity contribution in [1.82, 2.24) is 5.43 Å². The van der Waals surface area contributed by atoms with Gasteiger partial charge < -0.3 is 15.5 Å². The number of nitrogens with two attached hydrogens (primary N) is 1. The monoisotopic (exact) mass is 333 g/mol. The number of carbonyl (C=O) groups excluding carboxylic acids is 1. The number of fused-ring (bicyclic) bond motifs is 1. The summed E-state index contributed by atoms with van der Waals surface area (Å²) in [6, 6.07) is 16.1. The van der Waals surface area contributed by atoms with E-state index in [2.05, 4.69) is 15.7 Å². The van der Waals surface area contributed by atoms with Crippen molar-refractivity contribution in [3.8, 4) is 11.8 Å². The average Bonchev–Trinajstić information content (AvgIpc) is 3.01. The van der Waals surface area contributed by atoms with E-state index in [9.17, 15) is 10.1 Å². The van der Waals surface area contributed by atoms with Crippen LogP contribution >= 0.6 is 0 Å². The number of aliphatic imine (C=N–C) groups is 1. The number of rotatable bonds is 3. The van der Waals surface area contributed by atoms with E-state index in [-0.39, 0.29) is 11.3 Å². The lowest BCUT2D eigenvalue weighted by molar-refractivity contribution is -0.112. The van der Waals surface area contributed by atoms with E-state index in [1.807, 2.05) is 24.3 Å². The quantitative estimate of drug-likeness (QED) is 0.343. The molecule has 1 heterocycles. The van der Waals surface area contributed by atoms with Gasteiger partial charge in [-0.05, 0) is 12.1 Å². The fourth-order valence-corrected chi connectivity index (χ4v) is 2.53. The number of benzene rings is 2. The Morgan fingerprint density at radius 2 is 1.96 bits per heavy atom. The molecule has 7 heteroatoms. The summed E-state index contributed by atoms with van der Waals surface area (Å²) in [5.41, 5.74) is 4.61. The largest absolute Gasteiger partial charge is 0.497 e. The average molecular weight is 333 g/mol. The van der Waals surface area contributed by atoms with Crippen molar-refractivity contribution in [2.75, 3.05) is 12.4 Å². The number of nitrogens with zero attached hydrogens (tertiary/aromatic N) is 2. The lowest BCUT2D eigenvalue weighted by atomic mass is 10.0. The van der Waals surface area contributed by atoms with Crippen LogP contribution in [0.3, 0.4) is 0 Å². The summed E-state index contributed by atoms with van der Waals surface area (Å²) >= 11 is 0. The summed E-state index contributed by atoms with van der Waals surface area (Å²) in [6.07, 6.45) is 0. The van der Waals surface area contributed by atoms with Gasteiger partial charge in [-0.2, -0.15) is 5.26 Å². The molecule has 1 aliphatic rings. The van der Waals surface area contributed by atoms with Gasteiger partial charge in [-0.1, -0.05) is 30.3 Å². The Labute approximate surface area is 144 Å². The molecule has 0 unspecified atom stereocenters. The number of carbonyl (C=O) groups is 1. The topological polar surface area (TPSA) is 113 Å². The van der Waals surface area contributed by atoms with E-state index in [0.717, 1.165) is 5.56 Å². The minimum absolute atomic E-state index is 0.0967. The van der Waals surface area contributed by atoms with Gasteiger partial charge in [0, 0.05) is 22.9 Å². The van der Waals surface area contributed by atoms with Gasteiger partial charge in [-0.3, -0.25) is 4.79 Å². The summed E-state index contributed by atoms with van der Waals surface area (Å²) in [6.45, 7) is 0. The van der Waals surface area contributed by atoms with Gasteiger partial charge >= 0.3 is 0 Å². The molecule has 0 aliphatic carbocycles. The molecule has 4 N–H and O–H groups in total. The highest BCUT2D eigenvalue weighted by Gasteiger charge is 2.25. The molecule has 25 heavy (non-hydrogen) atoms. The van der Waals surface area contributed by atoms with E-state index in [4.69, 9.17) is 10.6 Å². The zero-order chi connectivity index (χ0) is 17.8. The Morgan fingerprint density at radius 1 is 1.20 bits per heavy atom. The highest BCUT2D eigenvalue weighted by Crippen LogP contribution is 2.30. The number of amidine groups is 1. The number of methoxy groups -OCH3 is 1. The van der Waals surface area contributed by atoms with Crippen LogP contribution in [-0.2, 0) is 4.79 Å². The van der Waals surface area contributed by atoms with Crippen molar-refractivity contribution in [3.63, 3.8) is 0 Å². The van der Waals surface area contributed by atoms with Crippen LogP contribution in [0.4, 0.5) is 5.69 Å². The first kappa shape index (κ1) is 16.2. The molecule has 3 rings (SSSR count). The molecular formula is C18H15N5O2. The van der Waals surface area contributed by atoms with Crippen LogP contribution in [0.15, 0.2) is 59.1 Å². The van der Waals surface area contributed by atoms with Gasteiger partial charge in [0.15, 0.2) is 0 Å². The maximum Gasteiger partial charge on any atom is 0.268 e. The Bertz CT molecular complexity index is 940. The fraction of sp³-hybridized carbons (Fsp3) is 0.0556. The van der Waals surface area contributed by atoms with Crippen LogP contribution in [0.1, 0.15) is 11.1 Å². The van der Waals surface area contributed by atoms with E-state index < -0.39 is 5.91 Å². The minimum Gasteiger partial charge on any atom is -0.497 e. The van der Waals surface area contributed by atoms with Crippen molar-refractivity contribution < 1.29 is 9.53 Å². The third-order valence-electron chi connectivity index (χ3n) is 3.70. The highest BCUT2D eigenvalue weighted by molar-refractivity contribution is 6.17. The molecule has 0 spiro atoms. The molecular weight excluding hydrogens is 318 g/mol. The van der Waals surface area contributed by atoms with Crippen molar-refractivity contribution in [3.05, 3.63) is 65.2 Å². The van der Waals surface area contributed by atoms with Crippen LogP contribution in [0, 0.1) is 11.3 Å². The standard InChI is InChI=1S/C18H15N5O2/c1-25-12-6-4-5-11(9-12)21-18(24)15(10-19)16-13-7-2-3-8-14(13)17(22-16)23-20/h2-9H,20H2,1H3,(H,21,24)(H,22,23). The predicted octanol–water partition coefficient (Wildman–Crippen LogP) is 1.79. The van der Waals surface area contributed by atoms with Crippen molar-refractivity contribution >= 4 is 23.1 Å². The number of hydrogen-bond acceptors (Lipinski definition) is 6. The molecule has 0 bridgehead atoms. The molecule has 0 saturated carbocycles. The summed E-state index contributed by atoms with van der Waals surface area (Å²) < 4.78 is 5.13. The number of amides is 1. The second kappa shape index (κ2) is 6.86. The normalized spacial score (nSPS) is 14.0. The van der Waals surface area contributed by atoms with Gasteiger partial charge in [0.2, 0.25) is 0 Å². The van der Waals surface area contributed by atoms with Gasteiger partial charge in [0.05, 0.1) is 12.8 Å². The number of hydrogen-bond donors (Lipinski definition) is 3. The fourth-order valence-electron chi connectivity index (χ4n) is 2.53. The number of nitrogens with one attached hydrogen (secondary N) is 2. The zero-order valence-corrected chi connectivity index (χ0v) is 13.4. The summed E-state index contributed by atoms with van der Waals surface area (Å²) in [5, 5.41) is 12.2. The molecule has 1 amide bonds. The Hall–Kier alpha value is -3.63. The van der Waals surface area contributed by atoms with Crippen LogP contribution in [0.5, 0.6) is 5.75 Å². The molecule has 0 fully saturated rings. The van der Waals surface area contributed by atoms with Crippen LogP contribution in [0.25, 0.3) is 5.70 Å². The third kappa shape index (κ3) is 3.06. The first-order valence-corrected chi connectivity index (χ1v) is 7.42. The zero-order valence-electron chi connectivity index (χ0n) is 13.4. The smallest absolute Gasteiger partial charge is 0.268 e. The predicted molar refractivity (Wildman–Crippen MR) is 94.5 cm³/mol. The first-order chi connectivity index (χ1) is 12.2. The molecule has 7 nitrogen and oxygen atoms in total. The van der Waals surface area contributed by atoms with Gasteiger partial charge in [-0.15, -0.1) is 0 Å². The van der Waals surface area contributed by atoms with Crippen LogP contribution < -0.4 is 21.3 Å². The second-order valence-corrected chi connectivity index (χ2v) is 5.17. The number of nitriles is 1. The van der Waals surface area contributed by atoms with Crippen LogP contribution in [0.2, 0.25) is 0 Å². The van der Waals surface area contributed by atoms with E-state index in [1.165, 1.54) is 7.11 Å². The van der Waals surface area contributed by atoms with E-state index >= 15 is 0 Å². The first-order valence-electron chi connectivity index (χ1n) is 7.42. The lowest BCUT2D eigenvalue weighted by Gasteiger charge is -2.07. The number of ether oxygens (including phenoxy) is 1. The van der Waals surface area contributed by atoms with Crippen molar-refractivity contribution in [2.45, 2.75) is 0 Å². The maximum absolute atomic E-state index is 12.6. The molecule has 1 aliphatic heterocycles. The Kier molecular flexibility index (Phi) is 4.46. The van der Waals surface area contributed by atoms with Gasteiger partial charge in [0.1, 0.15) is 23.2 Å². The van der Waals surface area contributed by atoms with E-state index in [0.29, 0.717) is 22.8 Å². The molecule has 0 saturated heterocycles. The minimum atomic E-state index is -0.553. The van der Waals surface area contributed by atoms with Gasteiger partial charge in [0.25, 0.3) is 5.91 Å².